The summed E-state index contributed by atoms with van der Waals surface area (Å²) in [6.45, 7) is 2.74. The first-order chi connectivity index (χ1) is 10.7. The molecule has 2 heterocycles. The van der Waals surface area contributed by atoms with E-state index in [2.05, 4.69) is 14.9 Å². The molecule has 1 fully saturated rings. The Morgan fingerprint density at radius 2 is 1.82 bits per heavy atom. The highest BCUT2D eigenvalue weighted by Gasteiger charge is 2.18. The average Bonchev–Trinajstić information content (AvgIpc) is 2.57. The molecular formula is C15H15N3O4. The Kier molecular flexibility index (Phi) is 4.15. The van der Waals surface area contributed by atoms with Gasteiger partial charge in [-0.3, -0.25) is 0 Å². The van der Waals surface area contributed by atoms with Crippen LogP contribution in [-0.2, 0) is 4.74 Å². The van der Waals surface area contributed by atoms with E-state index in [1.807, 2.05) is 0 Å². The zero-order valence-electron chi connectivity index (χ0n) is 11.8. The monoisotopic (exact) mass is 301 g/mol. The zero-order chi connectivity index (χ0) is 15.4. The lowest BCUT2D eigenvalue weighted by molar-refractivity contribution is 0.0697. The largest absolute Gasteiger partial charge is 0.478 e. The summed E-state index contributed by atoms with van der Waals surface area (Å²) in [4.78, 5) is 21.5. The molecule has 0 spiro atoms. The molecule has 7 nitrogen and oxygen atoms in total. The van der Waals surface area contributed by atoms with E-state index >= 15 is 0 Å². The lowest BCUT2D eigenvalue weighted by Crippen LogP contribution is -2.37. The standard InChI is InChI=1S/C15H15N3O4/c19-15(20)11-1-3-12(4-2-11)22-14-13(16-5-6-17-14)18-7-9-21-10-8-18/h1-6H,7-10H2,(H,19,20). The fourth-order valence-electron chi connectivity index (χ4n) is 2.16. The molecule has 1 aliphatic heterocycles. The second kappa shape index (κ2) is 6.40. The minimum Gasteiger partial charge on any atom is -0.478 e. The van der Waals surface area contributed by atoms with Gasteiger partial charge in [-0.15, -0.1) is 0 Å². The van der Waals surface area contributed by atoms with Gasteiger partial charge < -0.3 is 19.5 Å². The van der Waals surface area contributed by atoms with Crippen LogP contribution in [0.3, 0.4) is 0 Å². The molecular weight excluding hydrogens is 286 g/mol. The number of nitrogens with zero attached hydrogens (tertiary/aromatic N) is 3. The smallest absolute Gasteiger partial charge is 0.335 e. The SMILES string of the molecule is O=C(O)c1ccc(Oc2nccnc2N2CCOCC2)cc1. The van der Waals surface area contributed by atoms with E-state index in [1.165, 1.54) is 12.1 Å². The summed E-state index contributed by atoms with van der Waals surface area (Å²) in [7, 11) is 0. The molecule has 0 saturated carbocycles. The van der Waals surface area contributed by atoms with Gasteiger partial charge in [0.2, 0.25) is 0 Å². The van der Waals surface area contributed by atoms with Crippen LogP contribution in [0.15, 0.2) is 36.7 Å². The van der Waals surface area contributed by atoms with Crippen LogP contribution >= 0.6 is 0 Å². The second-order valence-electron chi connectivity index (χ2n) is 4.72. The number of carboxylic acids is 1. The summed E-state index contributed by atoms with van der Waals surface area (Å²) < 4.78 is 11.1. The fraction of sp³-hybridized carbons (Fsp3) is 0.267. The number of aromatic nitrogens is 2. The van der Waals surface area contributed by atoms with E-state index in [4.69, 9.17) is 14.6 Å². The van der Waals surface area contributed by atoms with Crippen LogP contribution in [0.1, 0.15) is 10.4 Å². The molecule has 0 unspecified atom stereocenters. The van der Waals surface area contributed by atoms with Crippen LogP contribution in [0.2, 0.25) is 0 Å². The Morgan fingerprint density at radius 1 is 1.14 bits per heavy atom. The van der Waals surface area contributed by atoms with Gasteiger partial charge >= 0.3 is 5.97 Å². The number of hydrogen-bond donors (Lipinski definition) is 1. The molecule has 1 N–H and O–H groups in total. The topological polar surface area (TPSA) is 84.8 Å². The van der Waals surface area contributed by atoms with Gasteiger partial charge in [-0.25, -0.2) is 14.8 Å². The van der Waals surface area contributed by atoms with E-state index in [0.717, 1.165) is 13.1 Å². The summed E-state index contributed by atoms with van der Waals surface area (Å²) >= 11 is 0. The average molecular weight is 301 g/mol. The van der Waals surface area contributed by atoms with Gasteiger partial charge in [-0.1, -0.05) is 0 Å². The minimum atomic E-state index is -0.972. The number of morpholine rings is 1. The van der Waals surface area contributed by atoms with Crippen molar-refractivity contribution in [2.24, 2.45) is 0 Å². The third-order valence-electron chi connectivity index (χ3n) is 3.27. The van der Waals surface area contributed by atoms with Crippen LogP contribution in [0, 0.1) is 0 Å². The van der Waals surface area contributed by atoms with E-state index in [9.17, 15) is 4.79 Å². The zero-order valence-corrected chi connectivity index (χ0v) is 11.8. The van der Waals surface area contributed by atoms with Crippen LogP contribution < -0.4 is 9.64 Å². The Bertz CT molecular complexity index is 654. The molecule has 0 aliphatic carbocycles. The van der Waals surface area contributed by atoms with Gasteiger partial charge in [0, 0.05) is 25.5 Å². The number of rotatable bonds is 4. The number of benzene rings is 1. The van der Waals surface area contributed by atoms with Crippen molar-refractivity contribution >= 4 is 11.8 Å². The summed E-state index contributed by atoms with van der Waals surface area (Å²) in [5.41, 5.74) is 0.208. The predicted molar refractivity (Wildman–Crippen MR) is 78.5 cm³/mol. The Hall–Kier alpha value is -2.67. The van der Waals surface area contributed by atoms with Gasteiger partial charge in [0.05, 0.1) is 18.8 Å². The van der Waals surface area contributed by atoms with Crippen molar-refractivity contribution in [2.45, 2.75) is 0 Å². The normalized spacial score (nSPS) is 14.6. The molecule has 0 radical (unpaired) electrons. The van der Waals surface area contributed by atoms with Crippen molar-refractivity contribution in [2.75, 3.05) is 31.2 Å². The van der Waals surface area contributed by atoms with Crippen molar-refractivity contribution in [1.29, 1.82) is 0 Å². The molecule has 114 valence electrons. The van der Waals surface area contributed by atoms with Gasteiger partial charge in [-0.2, -0.15) is 0 Å². The quantitative estimate of drug-likeness (QED) is 0.921. The minimum absolute atomic E-state index is 0.208. The highest BCUT2D eigenvalue weighted by molar-refractivity contribution is 5.87. The van der Waals surface area contributed by atoms with Crippen molar-refractivity contribution in [3.05, 3.63) is 42.2 Å². The Morgan fingerprint density at radius 3 is 2.50 bits per heavy atom. The Labute approximate surface area is 127 Å². The fourth-order valence-corrected chi connectivity index (χ4v) is 2.16. The van der Waals surface area contributed by atoms with E-state index in [-0.39, 0.29) is 5.56 Å². The predicted octanol–water partition coefficient (Wildman–Crippen LogP) is 1.80. The van der Waals surface area contributed by atoms with Crippen molar-refractivity contribution in [3.63, 3.8) is 0 Å². The second-order valence-corrected chi connectivity index (χ2v) is 4.72. The van der Waals surface area contributed by atoms with Crippen LogP contribution in [0.5, 0.6) is 11.6 Å². The molecule has 1 aromatic heterocycles. The van der Waals surface area contributed by atoms with E-state index in [1.54, 1.807) is 24.5 Å². The molecule has 2 aromatic rings. The van der Waals surface area contributed by atoms with Gasteiger partial charge in [0.1, 0.15) is 5.75 Å². The molecule has 1 saturated heterocycles. The summed E-state index contributed by atoms with van der Waals surface area (Å²) in [5, 5.41) is 8.90. The van der Waals surface area contributed by atoms with Gasteiger partial charge in [0.15, 0.2) is 5.82 Å². The first-order valence-electron chi connectivity index (χ1n) is 6.89. The summed E-state index contributed by atoms with van der Waals surface area (Å²) in [6.07, 6.45) is 3.18. The lowest BCUT2D eigenvalue weighted by atomic mass is 10.2. The first kappa shape index (κ1) is 14.3. The van der Waals surface area contributed by atoms with Gasteiger partial charge in [0.25, 0.3) is 5.88 Å². The number of aromatic carboxylic acids is 1. The number of anilines is 1. The highest BCUT2D eigenvalue weighted by Crippen LogP contribution is 2.28. The van der Waals surface area contributed by atoms with Crippen molar-refractivity contribution in [3.8, 4) is 11.6 Å². The molecule has 1 aromatic carbocycles. The lowest BCUT2D eigenvalue weighted by Gasteiger charge is -2.28. The maximum absolute atomic E-state index is 10.8. The number of carbonyl (C=O) groups is 1. The summed E-state index contributed by atoms with van der Waals surface area (Å²) in [6, 6.07) is 6.17. The maximum atomic E-state index is 10.8. The van der Waals surface area contributed by atoms with Crippen LogP contribution in [0.25, 0.3) is 0 Å². The molecule has 3 rings (SSSR count). The third-order valence-corrected chi connectivity index (χ3v) is 3.27. The first-order valence-corrected chi connectivity index (χ1v) is 6.89. The van der Waals surface area contributed by atoms with Crippen molar-refractivity contribution < 1.29 is 19.4 Å². The van der Waals surface area contributed by atoms with Gasteiger partial charge in [-0.05, 0) is 24.3 Å². The van der Waals surface area contributed by atoms with Crippen molar-refractivity contribution in [1.82, 2.24) is 9.97 Å². The maximum Gasteiger partial charge on any atom is 0.335 e. The molecule has 22 heavy (non-hydrogen) atoms. The Balaban J connectivity index is 1.81. The molecule has 0 atom stereocenters. The highest BCUT2D eigenvalue weighted by atomic mass is 16.5. The van der Waals surface area contributed by atoms with E-state index < -0.39 is 5.97 Å². The van der Waals surface area contributed by atoms with Crippen LogP contribution in [0.4, 0.5) is 5.82 Å². The summed E-state index contributed by atoms with van der Waals surface area (Å²) in [5.74, 6) is 0.598. The van der Waals surface area contributed by atoms with E-state index in [0.29, 0.717) is 30.7 Å². The molecule has 0 amide bonds. The number of carboxylic acid groups (broad SMARTS) is 1. The molecule has 7 heteroatoms. The number of hydrogen-bond acceptors (Lipinski definition) is 6. The molecule has 1 aliphatic rings. The third kappa shape index (κ3) is 3.15. The van der Waals surface area contributed by atoms with Crippen LogP contribution in [-0.4, -0.2) is 47.3 Å². The number of ether oxygens (including phenoxy) is 2. The molecule has 0 bridgehead atoms.